The van der Waals surface area contributed by atoms with Crippen molar-refractivity contribution in [3.63, 3.8) is 0 Å². The summed E-state index contributed by atoms with van der Waals surface area (Å²) in [6.45, 7) is 1.31. The monoisotopic (exact) mass is 469 g/mol. The summed E-state index contributed by atoms with van der Waals surface area (Å²) in [5.74, 6) is -1.59. The van der Waals surface area contributed by atoms with Gasteiger partial charge in [0.05, 0.1) is 18.4 Å². The van der Waals surface area contributed by atoms with Gasteiger partial charge in [-0.05, 0) is 31.0 Å². The maximum Gasteiger partial charge on any atom is 0.234 e. The molecule has 33 heavy (non-hydrogen) atoms. The van der Waals surface area contributed by atoms with Crippen LogP contribution in [0.5, 0.6) is 0 Å². The summed E-state index contributed by atoms with van der Waals surface area (Å²) in [5.41, 5.74) is 2.12. The van der Waals surface area contributed by atoms with Gasteiger partial charge < -0.3 is 15.0 Å². The van der Waals surface area contributed by atoms with E-state index >= 15 is 0 Å². The van der Waals surface area contributed by atoms with E-state index in [4.69, 9.17) is 4.74 Å². The van der Waals surface area contributed by atoms with Crippen molar-refractivity contribution >= 4 is 34.3 Å². The van der Waals surface area contributed by atoms with Crippen LogP contribution in [0.15, 0.2) is 53.8 Å². The molecule has 2 N–H and O–H groups in total. The summed E-state index contributed by atoms with van der Waals surface area (Å²) < 4.78 is 34.3. The number of aromatic amines is 1. The minimum absolute atomic E-state index is 0.0382. The lowest BCUT2D eigenvalue weighted by molar-refractivity contribution is -0.113. The summed E-state index contributed by atoms with van der Waals surface area (Å²) in [5, 5.41) is 13.0. The predicted molar refractivity (Wildman–Crippen MR) is 122 cm³/mol. The highest BCUT2D eigenvalue weighted by Gasteiger charge is 2.23. The summed E-state index contributed by atoms with van der Waals surface area (Å²) >= 11 is 1.23. The summed E-state index contributed by atoms with van der Waals surface area (Å²) in [7, 11) is 0. The third-order valence-corrected chi connectivity index (χ3v) is 6.46. The molecule has 2 aromatic heterocycles. The van der Waals surface area contributed by atoms with Gasteiger partial charge in [0.1, 0.15) is 0 Å². The van der Waals surface area contributed by atoms with E-state index in [1.54, 1.807) is 0 Å². The fourth-order valence-corrected chi connectivity index (χ4v) is 4.66. The highest BCUT2D eigenvalue weighted by atomic mass is 32.2. The molecule has 1 atom stereocenters. The van der Waals surface area contributed by atoms with Gasteiger partial charge in [0.25, 0.3) is 0 Å². The van der Waals surface area contributed by atoms with Crippen molar-refractivity contribution in [3.8, 4) is 11.4 Å². The first kappa shape index (κ1) is 21.6. The molecule has 1 amide bonds. The number of carbonyl (C=O) groups is 1. The standard InChI is InChI=1S/C23H21F2N5O2S/c24-18-8-7-14(10-19(18)25)27-21(31)13-33-23-29-28-22(30(23)12-15-4-3-9-32-15)17-11-26-20-6-2-1-5-16(17)20/h1-2,5-8,10-11,15,26H,3-4,9,12-13H2,(H,27,31). The molecule has 4 aromatic rings. The van der Waals surface area contributed by atoms with Gasteiger partial charge in [-0.3, -0.25) is 9.36 Å². The molecular formula is C23H21F2N5O2S. The Morgan fingerprint density at radius 3 is 2.91 bits per heavy atom. The smallest absolute Gasteiger partial charge is 0.234 e. The molecule has 5 rings (SSSR count). The summed E-state index contributed by atoms with van der Waals surface area (Å²) in [4.78, 5) is 15.7. The van der Waals surface area contributed by atoms with Gasteiger partial charge in [-0.1, -0.05) is 30.0 Å². The molecular weight excluding hydrogens is 448 g/mol. The molecule has 0 radical (unpaired) electrons. The Morgan fingerprint density at radius 1 is 1.21 bits per heavy atom. The van der Waals surface area contributed by atoms with Gasteiger partial charge in [-0.2, -0.15) is 0 Å². The van der Waals surface area contributed by atoms with Crippen LogP contribution >= 0.6 is 11.8 Å². The van der Waals surface area contributed by atoms with Crippen LogP contribution in [0, 0.1) is 11.6 Å². The average Bonchev–Trinajstić information content (AvgIpc) is 3.55. The van der Waals surface area contributed by atoms with Crippen molar-refractivity contribution in [2.45, 2.75) is 30.6 Å². The van der Waals surface area contributed by atoms with Crippen LogP contribution in [0.25, 0.3) is 22.3 Å². The van der Waals surface area contributed by atoms with Crippen LogP contribution in [0.3, 0.4) is 0 Å². The zero-order chi connectivity index (χ0) is 22.8. The minimum atomic E-state index is -1.01. The Kier molecular flexibility index (Phi) is 6.10. The molecule has 0 spiro atoms. The van der Waals surface area contributed by atoms with Crippen molar-refractivity contribution in [1.29, 1.82) is 0 Å². The van der Waals surface area contributed by atoms with E-state index in [1.165, 1.54) is 17.8 Å². The highest BCUT2D eigenvalue weighted by molar-refractivity contribution is 7.99. The van der Waals surface area contributed by atoms with Crippen LogP contribution in [-0.2, 0) is 16.1 Å². The summed E-state index contributed by atoms with van der Waals surface area (Å²) in [6, 6.07) is 11.2. The Balaban J connectivity index is 1.37. The van der Waals surface area contributed by atoms with E-state index in [-0.39, 0.29) is 23.5 Å². The van der Waals surface area contributed by atoms with Crippen molar-refractivity contribution in [2.24, 2.45) is 0 Å². The average molecular weight is 470 g/mol. The fraction of sp³-hybridized carbons (Fsp3) is 0.261. The third kappa shape index (κ3) is 4.62. The van der Waals surface area contributed by atoms with Crippen LogP contribution in [0.4, 0.5) is 14.5 Å². The Hall–Kier alpha value is -3.24. The Morgan fingerprint density at radius 2 is 2.09 bits per heavy atom. The second-order valence-corrected chi connectivity index (χ2v) is 8.71. The van der Waals surface area contributed by atoms with Crippen molar-refractivity contribution in [2.75, 3.05) is 17.7 Å². The number of hydrogen-bond donors (Lipinski definition) is 2. The quantitative estimate of drug-likeness (QED) is 0.386. The van der Waals surface area contributed by atoms with Crippen molar-refractivity contribution < 1.29 is 18.3 Å². The molecule has 0 bridgehead atoms. The van der Waals surface area contributed by atoms with E-state index in [9.17, 15) is 13.6 Å². The number of fused-ring (bicyclic) bond motifs is 1. The fourth-order valence-electron chi connectivity index (χ4n) is 3.91. The Labute approximate surface area is 192 Å². The lowest BCUT2D eigenvalue weighted by atomic mass is 10.1. The van der Waals surface area contributed by atoms with Crippen molar-refractivity contribution in [1.82, 2.24) is 19.7 Å². The highest BCUT2D eigenvalue weighted by Crippen LogP contribution is 2.31. The number of benzene rings is 2. The number of H-pyrrole nitrogens is 1. The number of para-hydroxylation sites is 1. The summed E-state index contributed by atoms with van der Waals surface area (Å²) in [6.07, 6.45) is 3.92. The molecule has 0 saturated carbocycles. The predicted octanol–water partition coefficient (Wildman–Crippen LogP) is 4.61. The molecule has 0 aliphatic carbocycles. The number of amides is 1. The number of halogens is 2. The first-order valence-electron chi connectivity index (χ1n) is 10.6. The zero-order valence-corrected chi connectivity index (χ0v) is 18.4. The van der Waals surface area contributed by atoms with Crippen LogP contribution in [-0.4, -0.2) is 44.1 Å². The number of hydrogen-bond acceptors (Lipinski definition) is 5. The van der Waals surface area contributed by atoms with E-state index in [1.807, 2.05) is 35.0 Å². The molecule has 10 heteroatoms. The van der Waals surface area contributed by atoms with Gasteiger partial charge in [-0.15, -0.1) is 10.2 Å². The molecule has 1 saturated heterocycles. The molecule has 1 aliphatic rings. The minimum Gasteiger partial charge on any atom is -0.376 e. The molecule has 3 heterocycles. The number of anilines is 1. The topological polar surface area (TPSA) is 84.8 Å². The second-order valence-electron chi connectivity index (χ2n) is 7.77. The van der Waals surface area contributed by atoms with E-state index in [0.29, 0.717) is 17.5 Å². The normalized spacial score (nSPS) is 15.9. The van der Waals surface area contributed by atoms with Gasteiger partial charge >= 0.3 is 0 Å². The first-order chi connectivity index (χ1) is 16.1. The van der Waals surface area contributed by atoms with Gasteiger partial charge in [-0.25, -0.2) is 8.78 Å². The maximum atomic E-state index is 13.4. The van der Waals surface area contributed by atoms with Crippen molar-refractivity contribution in [3.05, 3.63) is 60.3 Å². The van der Waals surface area contributed by atoms with Gasteiger partial charge in [0.15, 0.2) is 22.6 Å². The van der Waals surface area contributed by atoms with Crippen LogP contribution in [0.2, 0.25) is 0 Å². The SMILES string of the molecule is O=C(CSc1nnc(-c2c[nH]c3ccccc23)n1CC1CCCO1)Nc1ccc(F)c(F)c1. The molecule has 1 fully saturated rings. The number of thioether (sulfide) groups is 1. The van der Waals surface area contributed by atoms with E-state index in [2.05, 4.69) is 20.5 Å². The number of nitrogens with zero attached hydrogens (tertiary/aromatic N) is 3. The lowest BCUT2D eigenvalue weighted by Crippen LogP contribution is -2.18. The first-order valence-corrected chi connectivity index (χ1v) is 11.6. The Bertz CT molecular complexity index is 1300. The number of rotatable bonds is 7. The number of aromatic nitrogens is 4. The number of ether oxygens (including phenoxy) is 1. The van der Waals surface area contributed by atoms with E-state index in [0.717, 1.165) is 48.0 Å². The van der Waals surface area contributed by atoms with Crippen LogP contribution in [0.1, 0.15) is 12.8 Å². The molecule has 1 unspecified atom stereocenters. The number of carbonyl (C=O) groups excluding carboxylic acids is 1. The largest absolute Gasteiger partial charge is 0.376 e. The van der Waals surface area contributed by atoms with Gasteiger partial charge in [0.2, 0.25) is 5.91 Å². The molecule has 7 nitrogen and oxygen atoms in total. The second kappa shape index (κ2) is 9.32. The zero-order valence-electron chi connectivity index (χ0n) is 17.6. The number of nitrogens with one attached hydrogen (secondary N) is 2. The molecule has 170 valence electrons. The third-order valence-electron chi connectivity index (χ3n) is 5.49. The maximum absolute atomic E-state index is 13.4. The van der Waals surface area contributed by atoms with Crippen LogP contribution < -0.4 is 5.32 Å². The lowest BCUT2D eigenvalue weighted by Gasteiger charge is -2.14. The molecule has 1 aliphatic heterocycles. The van der Waals surface area contributed by atoms with E-state index < -0.39 is 11.6 Å². The van der Waals surface area contributed by atoms with Gasteiger partial charge in [0, 0.05) is 41.0 Å². The molecule has 2 aromatic carbocycles.